The zero-order valence-corrected chi connectivity index (χ0v) is 8.13. The largest absolute Gasteiger partial charge is 0.301 e. The van der Waals surface area contributed by atoms with E-state index in [0.29, 0.717) is 0 Å². The van der Waals surface area contributed by atoms with Gasteiger partial charge in [-0.1, -0.05) is 18.8 Å². The lowest BCUT2D eigenvalue weighted by Gasteiger charge is -2.22. The van der Waals surface area contributed by atoms with Crippen LogP contribution in [0.2, 0.25) is 0 Å². The van der Waals surface area contributed by atoms with Gasteiger partial charge < -0.3 is 4.90 Å². The summed E-state index contributed by atoms with van der Waals surface area (Å²) in [7, 11) is 0. The smallest absolute Gasteiger partial charge is 0.0941 e. The summed E-state index contributed by atoms with van der Waals surface area (Å²) in [6.07, 6.45) is 10.6. The number of likely N-dealkylation sites (tertiary alicyclic amines) is 1. The van der Waals surface area contributed by atoms with Crippen LogP contribution in [0.15, 0.2) is 0 Å². The van der Waals surface area contributed by atoms with Crippen molar-refractivity contribution in [3.63, 3.8) is 0 Å². The Labute approximate surface area is 80.6 Å². The minimum absolute atomic E-state index is 0.00176. The summed E-state index contributed by atoms with van der Waals surface area (Å²) in [4.78, 5) is 2.40. The molecule has 0 aromatic rings. The molecular weight excluding hydrogens is 162 g/mol. The molecule has 1 rings (SSSR count). The third-order valence-electron chi connectivity index (χ3n) is 2.54. The van der Waals surface area contributed by atoms with Crippen molar-refractivity contribution in [1.29, 1.82) is 0 Å². The van der Waals surface area contributed by atoms with E-state index in [1.54, 1.807) is 0 Å². The van der Waals surface area contributed by atoms with Crippen LogP contribution in [0.4, 0.5) is 0 Å². The predicted octanol–water partition coefficient (Wildman–Crippen LogP) is 0.328. The molecule has 1 fully saturated rings. The molecular formula is C10H19N3. The lowest BCUT2D eigenvalue weighted by molar-refractivity contribution is 0.269. The van der Waals surface area contributed by atoms with E-state index in [2.05, 4.69) is 16.2 Å². The van der Waals surface area contributed by atoms with Gasteiger partial charge in [0.05, 0.1) is 6.04 Å². The number of nitrogens with one attached hydrogen (secondary N) is 1. The van der Waals surface area contributed by atoms with Gasteiger partial charge in [-0.05, 0) is 25.9 Å². The maximum atomic E-state index is 5.32. The van der Waals surface area contributed by atoms with Gasteiger partial charge in [0.1, 0.15) is 0 Å². The summed E-state index contributed by atoms with van der Waals surface area (Å²) < 4.78 is 0. The molecule has 0 amide bonds. The summed E-state index contributed by atoms with van der Waals surface area (Å²) in [5.74, 6) is 7.96. The molecule has 1 aliphatic rings. The van der Waals surface area contributed by atoms with Gasteiger partial charge >= 0.3 is 0 Å². The number of hydrogen-bond donors (Lipinski definition) is 2. The molecule has 1 aliphatic heterocycles. The normalized spacial score (nSPS) is 21.8. The maximum Gasteiger partial charge on any atom is 0.0941 e. The molecule has 0 spiro atoms. The topological polar surface area (TPSA) is 41.3 Å². The van der Waals surface area contributed by atoms with E-state index in [0.717, 1.165) is 6.54 Å². The second-order valence-electron chi connectivity index (χ2n) is 3.60. The molecule has 1 saturated heterocycles. The average molecular weight is 181 g/mol. The van der Waals surface area contributed by atoms with Crippen LogP contribution in [0, 0.1) is 12.3 Å². The zero-order valence-electron chi connectivity index (χ0n) is 8.13. The van der Waals surface area contributed by atoms with Crippen LogP contribution in [-0.2, 0) is 0 Å². The molecule has 0 aromatic carbocycles. The van der Waals surface area contributed by atoms with Gasteiger partial charge in [0.25, 0.3) is 0 Å². The Morgan fingerprint density at radius 3 is 2.38 bits per heavy atom. The minimum atomic E-state index is -0.00176. The van der Waals surface area contributed by atoms with E-state index in [1.807, 2.05) is 0 Å². The zero-order chi connectivity index (χ0) is 9.52. The van der Waals surface area contributed by atoms with Gasteiger partial charge in [-0.2, -0.15) is 0 Å². The van der Waals surface area contributed by atoms with Crippen LogP contribution < -0.4 is 11.3 Å². The summed E-state index contributed by atoms with van der Waals surface area (Å²) in [6, 6.07) is -0.00176. The van der Waals surface area contributed by atoms with Crippen LogP contribution in [0.1, 0.15) is 25.7 Å². The van der Waals surface area contributed by atoms with Crippen molar-refractivity contribution in [2.24, 2.45) is 5.84 Å². The molecule has 3 N–H and O–H groups in total. The quantitative estimate of drug-likeness (QED) is 0.374. The Morgan fingerprint density at radius 1 is 1.31 bits per heavy atom. The second kappa shape index (κ2) is 5.98. The van der Waals surface area contributed by atoms with Gasteiger partial charge in [0, 0.05) is 6.54 Å². The number of rotatable bonds is 3. The molecule has 0 aliphatic carbocycles. The van der Waals surface area contributed by atoms with Crippen molar-refractivity contribution in [3.05, 3.63) is 0 Å². The first-order chi connectivity index (χ1) is 6.36. The number of hydrazine groups is 1. The number of nitrogens with zero attached hydrogens (tertiary/aromatic N) is 1. The van der Waals surface area contributed by atoms with Crippen molar-refractivity contribution < 1.29 is 0 Å². The van der Waals surface area contributed by atoms with E-state index in [-0.39, 0.29) is 6.04 Å². The Hall–Kier alpha value is -0.560. The van der Waals surface area contributed by atoms with E-state index in [4.69, 9.17) is 12.3 Å². The first-order valence-corrected chi connectivity index (χ1v) is 5.01. The lowest BCUT2D eigenvalue weighted by atomic mass is 10.2. The van der Waals surface area contributed by atoms with Gasteiger partial charge in [-0.3, -0.25) is 5.84 Å². The summed E-state index contributed by atoms with van der Waals surface area (Å²) >= 11 is 0. The van der Waals surface area contributed by atoms with Crippen molar-refractivity contribution in [1.82, 2.24) is 10.3 Å². The molecule has 74 valence electrons. The number of nitrogens with two attached hydrogens (primary N) is 1. The van der Waals surface area contributed by atoms with Crippen molar-refractivity contribution in [2.75, 3.05) is 19.6 Å². The molecule has 0 saturated carbocycles. The van der Waals surface area contributed by atoms with Crippen LogP contribution in [0.25, 0.3) is 0 Å². The van der Waals surface area contributed by atoms with Crippen LogP contribution in [0.3, 0.4) is 0 Å². The highest BCUT2D eigenvalue weighted by Crippen LogP contribution is 2.09. The molecule has 3 heteroatoms. The van der Waals surface area contributed by atoms with Gasteiger partial charge in [0.15, 0.2) is 0 Å². The Kier molecular flexibility index (Phi) is 4.84. The first kappa shape index (κ1) is 10.5. The maximum absolute atomic E-state index is 5.32. The molecule has 0 aromatic heterocycles. The van der Waals surface area contributed by atoms with Gasteiger partial charge in [-0.15, -0.1) is 6.42 Å². The Morgan fingerprint density at radius 2 is 1.92 bits per heavy atom. The fourth-order valence-electron chi connectivity index (χ4n) is 1.73. The van der Waals surface area contributed by atoms with E-state index in [1.165, 1.54) is 38.8 Å². The third kappa shape index (κ3) is 3.77. The minimum Gasteiger partial charge on any atom is -0.301 e. The molecule has 13 heavy (non-hydrogen) atoms. The first-order valence-electron chi connectivity index (χ1n) is 5.01. The van der Waals surface area contributed by atoms with Crippen molar-refractivity contribution in [2.45, 2.75) is 31.7 Å². The van der Waals surface area contributed by atoms with E-state index < -0.39 is 0 Å². The summed E-state index contributed by atoms with van der Waals surface area (Å²) in [5, 5.41) is 0. The molecule has 1 unspecified atom stereocenters. The summed E-state index contributed by atoms with van der Waals surface area (Å²) in [6.45, 7) is 3.22. The monoisotopic (exact) mass is 181 g/mol. The van der Waals surface area contributed by atoms with Gasteiger partial charge in [-0.25, -0.2) is 5.43 Å². The molecule has 0 radical (unpaired) electrons. The highest BCUT2D eigenvalue weighted by Gasteiger charge is 2.12. The second-order valence-corrected chi connectivity index (χ2v) is 3.60. The van der Waals surface area contributed by atoms with E-state index >= 15 is 0 Å². The number of hydrogen-bond acceptors (Lipinski definition) is 3. The number of terminal acetylenes is 1. The Bertz CT molecular complexity index is 165. The van der Waals surface area contributed by atoms with E-state index in [9.17, 15) is 0 Å². The predicted molar refractivity (Wildman–Crippen MR) is 54.9 cm³/mol. The van der Waals surface area contributed by atoms with Crippen LogP contribution in [-0.4, -0.2) is 30.6 Å². The third-order valence-corrected chi connectivity index (χ3v) is 2.54. The van der Waals surface area contributed by atoms with Crippen molar-refractivity contribution >= 4 is 0 Å². The highest BCUT2D eigenvalue weighted by molar-refractivity contribution is 4.99. The molecule has 3 nitrogen and oxygen atoms in total. The van der Waals surface area contributed by atoms with Crippen molar-refractivity contribution in [3.8, 4) is 12.3 Å². The lowest BCUT2D eigenvalue weighted by Crippen LogP contribution is -2.43. The standard InChI is InChI=1S/C10H19N3/c1-2-10(12-11)9-13-7-5-3-4-6-8-13/h1,10,12H,3-9,11H2. The van der Waals surface area contributed by atoms with Crippen LogP contribution in [0.5, 0.6) is 0 Å². The molecule has 1 atom stereocenters. The Balaban J connectivity index is 2.29. The van der Waals surface area contributed by atoms with Crippen LogP contribution >= 0.6 is 0 Å². The highest BCUT2D eigenvalue weighted by atomic mass is 15.3. The molecule has 1 heterocycles. The van der Waals surface area contributed by atoms with Gasteiger partial charge in [0.2, 0.25) is 0 Å². The summed E-state index contributed by atoms with van der Waals surface area (Å²) in [5.41, 5.74) is 2.64. The molecule has 0 bridgehead atoms. The average Bonchev–Trinajstić information content (AvgIpc) is 2.42. The fourth-order valence-corrected chi connectivity index (χ4v) is 1.73. The fraction of sp³-hybridized carbons (Fsp3) is 0.800. The SMILES string of the molecule is C#CC(CN1CCCCCC1)NN.